The minimum atomic E-state index is -4.35. The second-order valence-electron chi connectivity index (χ2n) is 3.40. The van der Waals surface area contributed by atoms with Crippen LogP contribution >= 0.6 is 12.2 Å². The zero-order chi connectivity index (χ0) is 14.5. The molecule has 1 aromatic carbocycles. The summed E-state index contributed by atoms with van der Waals surface area (Å²) in [6.45, 7) is 2.47. The van der Waals surface area contributed by atoms with E-state index in [9.17, 15) is 13.5 Å². The number of thiocarbonyl (C=S) groups is 1. The first-order valence-electron chi connectivity index (χ1n) is 5.20. The molecule has 7 nitrogen and oxygen atoms in total. The zero-order valence-corrected chi connectivity index (χ0v) is 14.6. The van der Waals surface area contributed by atoms with Crippen molar-refractivity contribution < 1.29 is 47.6 Å². The number of rotatable bonds is 4. The minimum Gasteiger partial charge on any atom is -0.872 e. The number of hydrogen-bond acceptors (Lipinski definition) is 5. The fourth-order valence-electron chi connectivity index (χ4n) is 1.15. The third kappa shape index (κ3) is 6.16. The molecule has 0 unspecified atom stereocenters. The summed E-state index contributed by atoms with van der Waals surface area (Å²) in [5, 5.41) is 18.2. The molecule has 0 bridgehead atoms. The summed E-state index contributed by atoms with van der Waals surface area (Å²) in [7, 11) is -4.35. The van der Waals surface area contributed by atoms with Crippen LogP contribution in [-0.4, -0.2) is 30.8 Å². The average molecular weight is 325 g/mol. The van der Waals surface area contributed by atoms with Crippen molar-refractivity contribution in [3.63, 3.8) is 0 Å². The molecule has 0 aliphatic rings. The third-order valence-corrected chi connectivity index (χ3v) is 3.07. The van der Waals surface area contributed by atoms with Crippen LogP contribution in [-0.2, 0) is 10.1 Å². The maximum Gasteiger partial charge on any atom is 1.00 e. The van der Waals surface area contributed by atoms with Crippen molar-refractivity contribution in [3.8, 4) is 5.75 Å². The van der Waals surface area contributed by atoms with Gasteiger partial charge in [0.05, 0.1) is 11.1 Å². The van der Waals surface area contributed by atoms with E-state index in [4.69, 9.17) is 16.8 Å². The molecule has 0 radical (unpaired) electrons. The van der Waals surface area contributed by atoms with Crippen LogP contribution in [0.1, 0.15) is 12.5 Å². The van der Waals surface area contributed by atoms with Gasteiger partial charge in [-0.3, -0.25) is 9.98 Å². The first-order chi connectivity index (χ1) is 8.84. The molecule has 0 fully saturated rings. The Labute approximate surface area is 144 Å². The topological polar surface area (TPSA) is 114 Å². The zero-order valence-electron chi connectivity index (χ0n) is 11.0. The summed E-state index contributed by atoms with van der Waals surface area (Å²) < 4.78 is 30.7. The van der Waals surface area contributed by atoms with Crippen LogP contribution in [0.4, 0.5) is 0 Å². The fraction of sp³-hybridized carbons (Fsp3) is 0.200. The fourth-order valence-corrected chi connectivity index (χ4v) is 1.86. The van der Waals surface area contributed by atoms with Crippen LogP contribution in [0.25, 0.3) is 0 Å². The van der Waals surface area contributed by atoms with Crippen LogP contribution in [0.5, 0.6) is 5.75 Å². The van der Waals surface area contributed by atoms with Crippen LogP contribution < -0.4 is 45.4 Å². The maximum atomic E-state index is 11.5. The van der Waals surface area contributed by atoms with E-state index < -0.39 is 15.9 Å². The molecule has 1 aromatic rings. The number of benzene rings is 1. The Kier molecular flexibility index (Phi) is 8.25. The van der Waals surface area contributed by atoms with Gasteiger partial charge in [-0.25, -0.2) is 0 Å². The van der Waals surface area contributed by atoms with Crippen molar-refractivity contribution in [2.75, 3.05) is 6.54 Å². The Morgan fingerprint density at radius 1 is 1.55 bits per heavy atom. The smallest absolute Gasteiger partial charge is 0.872 e. The van der Waals surface area contributed by atoms with Gasteiger partial charge in [0.15, 0.2) is 5.11 Å². The van der Waals surface area contributed by atoms with E-state index in [-0.39, 0.29) is 45.1 Å². The molecule has 0 saturated heterocycles. The van der Waals surface area contributed by atoms with Gasteiger partial charge in [-0.1, -0.05) is 11.8 Å². The van der Waals surface area contributed by atoms with Crippen LogP contribution in [0.2, 0.25) is 0 Å². The standard InChI is InChI=1S/C10H13N3O4S2.Na/c1-2-11-10(18)13-12-6-7-5-8(19(15,16)17)3-4-9(7)14;/h3-6,14H,2H2,1H3,(H2,11,13,18)(H,15,16,17);/q;+1/p-1/b12-6-;. The molecule has 104 valence electrons. The summed E-state index contributed by atoms with van der Waals surface area (Å²) in [5.41, 5.74) is 2.47. The summed E-state index contributed by atoms with van der Waals surface area (Å²) in [4.78, 5) is -0.372. The monoisotopic (exact) mass is 325 g/mol. The molecule has 10 heteroatoms. The van der Waals surface area contributed by atoms with E-state index in [1.165, 1.54) is 0 Å². The van der Waals surface area contributed by atoms with Crippen LogP contribution in [0, 0.1) is 0 Å². The van der Waals surface area contributed by atoms with Gasteiger partial charge < -0.3 is 10.4 Å². The van der Waals surface area contributed by atoms with E-state index in [0.717, 1.165) is 24.4 Å². The van der Waals surface area contributed by atoms with Crippen LogP contribution in [0.3, 0.4) is 0 Å². The van der Waals surface area contributed by atoms with Crippen molar-refractivity contribution in [2.24, 2.45) is 5.10 Å². The van der Waals surface area contributed by atoms with Gasteiger partial charge in [0, 0.05) is 6.54 Å². The predicted molar refractivity (Wildman–Crippen MR) is 72.7 cm³/mol. The largest absolute Gasteiger partial charge is 1.00 e. The molecule has 0 heterocycles. The summed E-state index contributed by atoms with van der Waals surface area (Å²) in [6.07, 6.45) is 1.13. The molecule has 20 heavy (non-hydrogen) atoms. The summed E-state index contributed by atoms with van der Waals surface area (Å²) >= 11 is 4.84. The van der Waals surface area contributed by atoms with Gasteiger partial charge in [0.1, 0.15) is 0 Å². The van der Waals surface area contributed by atoms with Gasteiger partial charge in [-0.2, -0.15) is 13.5 Å². The van der Waals surface area contributed by atoms with Crippen molar-refractivity contribution in [3.05, 3.63) is 23.8 Å². The molecule has 0 aromatic heterocycles. The van der Waals surface area contributed by atoms with Gasteiger partial charge in [0.25, 0.3) is 10.1 Å². The molecular formula is C10H12N3NaO4S2. The van der Waals surface area contributed by atoms with E-state index >= 15 is 0 Å². The molecule has 0 atom stereocenters. The van der Waals surface area contributed by atoms with Crippen molar-refractivity contribution in [2.45, 2.75) is 11.8 Å². The molecule has 0 aliphatic heterocycles. The second kappa shape index (κ2) is 8.55. The van der Waals surface area contributed by atoms with E-state index in [0.29, 0.717) is 6.54 Å². The van der Waals surface area contributed by atoms with Crippen molar-refractivity contribution in [1.82, 2.24) is 10.7 Å². The predicted octanol–water partition coefficient (Wildman–Crippen LogP) is -3.17. The number of hydrogen-bond donors (Lipinski definition) is 3. The molecule has 0 saturated carbocycles. The first kappa shape index (κ1) is 19.3. The van der Waals surface area contributed by atoms with E-state index in [2.05, 4.69) is 15.8 Å². The number of hydrazone groups is 1. The SMILES string of the molecule is CCNC(=S)N/N=C\c1cc(S(=O)(=O)O)ccc1[O-].[Na+]. The second-order valence-corrected chi connectivity index (χ2v) is 5.23. The summed E-state index contributed by atoms with van der Waals surface area (Å²) in [6, 6.07) is 3.08. The number of nitrogens with one attached hydrogen (secondary N) is 2. The third-order valence-electron chi connectivity index (χ3n) is 1.99. The minimum absolute atomic E-state index is 0. The first-order valence-corrected chi connectivity index (χ1v) is 7.05. The van der Waals surface area contributed by atoms with Gasteiger partial charge in [0.2, 0.25) is 0 Å². The molecule has 0 spiro atoms. The Balaban J connectivity index is 0.00000361. The van der Waals surface area contributed by atoms with Gasteiger partial charge in [-0.05, 0) is 36.8 Å². The van der Waals surface area contributed by atoms with Crippen LogP contribution in [0.15, 0.2) is 28.2 Å². The van der Waals surface area contributed by atoms with Crippen molar-refractivity contribution in [1.29, 1.82) is 0 Å². The van der Waals surface area contributed by atoms with Gasteiger partial charge in [-0.15, -0.1) is 0 Å². The molecule has 0 aliphatic carbocycles. The normalized spacial score (nSPS) is 10.9. The molecule has 3 N–H and O–H groups in total. The summed E-state index contributed by atoms with van der Waals surface area (Å²) in [5.74, 6) is -0.424. The van der Waals surface area contributed by atoms with Gasteiger partial charge >= 0.3 is 29.6 Å². The molecule has 0 amide bonds. The Bertz CT molecular complexity index is 605. The number of nitrogens with zero attached hydrogens (tertiary/aromatic N) is 1. The van der Waals surface area contributed by atoms with E-state index in [1.807, 2.05) is 6.92 Å². The maximum absolute atomic E-state index is 11.5. The van der Waals surface area contributed by atoms with Crippen molar-refractivity contribution >= 4 is 33.7 Å². The Hall–Kier alpha value is -0.710. The average Bonchev–Trinajstić information content (AvgIpc) is 2.30. The Morgan fingerprint density at radius 2 is 2.20 bits per heavy atom. The van der Waals surface area contributed by atoms with E-state index in [1.54, 1.807) is 0 Å². The Morgan fingerprint density at radius 3 is 2.75 bits per heavy atom. The molecule has 1 rings (SSSR count). The molecular weight excluding hydrogens is 313 g/mol. The quantitative estimate of drug-likeness (QED) is 0.176.